The van der Waals surface area contributed by atoms with Crippen molar-refractivity contribution in [2.45, 2.75) is 165 Å². The van der Waals surface area contributed by atoms with Crippen molar-refractivity contribution in [3.8, 4) is 0 Å². The zero-order chi connectivity index (χ0) is 39.7. The second-order valence-corrected chi connectivity index (χ2v) is 18.0. The van der Waals surface area contributed by atoms with Crippen molar-refractivity contribution in [1.82, 2.24) is 9.80 Å². The highest BCUT2D eigenvalue weighted by atomic mass is 16.7. The monoisotopic (exact) mass is 777 g/mol. The molecule has 55 heavy (non-hydrogen) atoms. The maximum atomic E-state index is 14.9. The summed E-state index contributed by atoms with van der Waals surface area (Å²) in [6, 6.07) is 0.617. The number of Topliss-reactive ketones (excluding diaryl/α,β-unsaturated/α-hetero) is 1. The van der Waals surface area contributed by atoms with Crippen molar-refractivity contribution in [2.75, 3.05) is 49.5 Å². The van der Waals surface area contributed by atoms with Crippen LogP contribution in [0.15, 0.2) is 11.6 Å². The third-order valence-corrected chi connectivity index (χ3v) is 14.4. The Morgan fingerprint density at radius 2 is 1.44 bits per heavy atom. The van der Waals surface area contributed by atoms with Gasteiger partial charge in [0.2, 0.25) is 0 Å². The highest BCUT2D eigenvalue weighted by Crippen LogP contribution is 2.57. The van der Waals surface area contributed by atoms with E-state index in [1.807, 2.05) is 13.8 Å². The van der Waals surface area contributed by atoms with Crippen LogP contribution in [0.4, 0.5) is 0 Å². The molecule has 12 nitrogen and oxygen atoms in total. The van der Waals surface area contributed by atoms with Crippen LogP contribution in [-0.2, 0) is 47.5 Å². The molecule has 3 heterocycles. The fourth-order valence-electron chi connectivity index (χ4n) is 11.5. The molecule has 6 aliphatic rings. The van der Waals surface area contributed by atoms with Crippen LogP contribution < -0.4 is 0 Å². The van der Waals surface area contributed by atoms with Crippen molar-refractivity contribution in [3.05, 3.63) is 11.6 Å². The Hall–Kier alpha value is -1.48. The van der Waals surface area contributed by atoms with E-state index in [9.17, 15) is 9.59 Å². The summed E-state index contributed by atoms with van der Waals surface area (Å²) in [5, 5.41) is 0. The number of allylic oxidation sites excluding steroid dienone is 2. The Bertz CT molecular complexity index is 1330. The number of carbonyl (C=O) groups is 2. The lowest BCUT2D eigenvalue weighted by Crippen LogP contribution is -2.59. The van der Waals surface area contributed by atoms with Gasteiger partial charge < -0.3 is 47.7 Å². The molecule has 3 saturated heterocycles. The van der Waals surface area contributed by atoms with Gasteiger partial charge in [0.05, 0.1) is 30.8 Å². The van der Waals surface area contributed by atoms with Gasteiger partial charge in [-0.3, -0.25) is 9.59 Å². The molecule has 0 aromatic carbocycles. The minimum absolute atomic E-state index is 0.0360. The quantitative estimate of drug-likeness (QED) is 0.270. The molecule has 0 aromatic rings. The highest BCUT2D eigenvalue weighted by Gasteiger charge is 2.57. The van der Waals surface area contributed by atoms with E-state index >= 15 is 0 Å². The first-order chi connectivity index (χ1) is 26.3. The second kappa shape index (κ2) is 18.6. The van der Waals surface area contributed by atoms with E-state index in [0.717, 1.165) is 56.9 Å². The van der Waals surface area contributed by atoms with E-state index in [1.165, 1.54) is 0 Å². The van der Waals surface area contributed by atoms with Gasteiger partial charge >= 0.3 is 5.97 Å². The first-order valence-electron chi connectivity index (χ1n) is 21.3. The summed E-state index contributed by atoms with van der Waals surface area (Å²) < 4.78 is 50.1. The summed E-state index contributed by atoms with van der Waals surface area (Å²) >= 11 is 0. The van der Waals surface area contributed by atoms with Gasteiger partial charge in [-0.05, 0) is 129 Å². The molecule has 5 fully saturated rings. The van der Waals surface area contributed by atoms with E-state index in [1.54, 1.807) is 21.3 Å². The minimum atomic E-state index is -0.599. The van der Waals surface area contributed by atoms with E-state index in [4.69, 9.17) is 37.9 Å². The molecule has 2 saturated carbocycles. The summed E-state index contributed by atoms with van der Waals surface area (Å²) in [6.07, 6.45) is 7.25. The highest BCUT2D eigenvalue weighted by molar-refractivity contribution is 5.99. The van der Waals surface area contributed by atoms with Crippen LogP contribution >= 0.6 is 0 Å². The van der Waals surface area contributed by atoms with Crippen LogP contribution in [0.25, 0.3) is 0 Å². The fourth-order valence-corrected chi connectivity index (χ4v) is 11.5. The normalized spacial score (nSPS) is 45.7. The molecule has 3 aliphatic heterocycles. The minimum Gasteiger partial charge on any atom is -0.462 e. The smallest absolute Gasteiger partial charge is 0.306 e. The van der Waals surface area contributed by atoms with E-state index in [2.05, 4.69) is 57.9 Å². The molecule has 12 heteroatoms. The van der Waals surface area contributed by atoms with Gasteiger partial charge in [-0.25, -0.2) is 0 Å². The summed E-state index contributed by atoms with van der Waals surface area (Å²) in [5.41, 5.74) is 0.798. The summed E-state index contributed by atoms with van der Waals surface area (Å²) in [7, 11) is 13.5. The van der Waals surface area contributed by atoms with Gasteiger partial charge in [0.15, 0.2) is 18.4 Å². The van der Waals surface area contributed by atoms with E-state index in [-0.39, 0.29) is 103 Å². The SMILES string of the molecule is CC[C@H]1CCC[C@H](O[C@H]2CC[C@H](N(C)C)C(C)O2)[C@@H](C)C(=O)C2=C[C@@H]3[C@@H](C[C@@H](N(C)C)[C@@H]4C[C@@H](O[C@@H]5OC(C)[C@H](OC)C(OC)C5OC)C[C@@H]34)[C@@H]2CC(=O)O1. The molecule has 18 atom stereocenters. The maximum Gasteiger partial charge on any atom is 0.306 e. The lowest BCUT2D eigenvalue weighted by Gasteiger charge is -2.46. The Balaban J connectivity index is 1.26. The molecule has 3 aliphatic carbocycles. The number of likely N-dealkylation sites (N-methyl/N-ethyl adjacent to an activating group) is 1. The number of hydrogen-bond donors (Lipinski definition) is 0. The predicted molar refractivity (Wildman–Crippen MR) is 207 cm³/mol. The van der Waals surface area contributed by atoms with Crippen molar-refractivity contribution in [1.29, 1.82) is 0 Å². The molecular formula is C43H72N2O10. The molecule has 0 amide bonds. The number of ketones is 1. The van der Waals surface area contributed by atoms with Crippen LogP contribution in [0, 0.1) is 35.5 Å². The molecule has 0 N–H and O–H groups in total. The predicted octanol–water partition coefficient (Wildman–Crippen LogP) is 5.25. The number of esters is 1. The van der Waals surface area contributed by atoms with Crippen molar-refractivity contribution < 1.29 is 47.5 Å². The van der Waals surface area contributed by atoms with Crippen LogP contribution in [0.2, 0.25) is 0 Å². The van der Waals surface area contributed by atoms with E-state index < -0.39 is 12.4 Å². The maximum absolute atomic E-state index is 14.9. The van der Waals surface area contributed by atoms with Gasteiger partial charge in [-0.15, -0.1) is 0 Å². The Labute approximate surface area is 330 Å². The topological polar surface area (TPSA) is 114 Å². The molecule has 0 radical (unpaired) electrons. The number of rotatable bonds is 10. The van der Waals surface area contributed by atoms with Crippen molar-refractivity contribution >= 4 is 11.8 Å². The van der Waals surface area contributed by atoms with Gasteiger partial charge in [0.25, 0.3) is 0 Å². The van der Waals surface area contributed by atoms with Gasteiger partial charge in [0.1, 0.15) is 24.4 Å². The Morgan fingerprint density at radius 3 is 2.07 bits per heavy atom. The van der Waals surface area contributed by atoms with Crippen molar-refractivity contribution in [3.63, 3.8) is 0 Å². The molecule has 4 unspecified atom stereocenters. The first kappa shape index (κ1) is 43.1. The number of ether oxygens (including phenoxy) is 8. The lowest BCUT2D eigenvalue weighted by atomic mass is 9.64. The standard InChI is InChI=1S/C43H72N2O10/c1-12-26-14-13-15-36(55-38-17-16-34(44(5)6)24(3)51-38)23(2)39(47)33-20-29-28-18-27(54-43-42(50-11)41(49-10)40(48-9)25(4)52-43)19-32(28)35(45(7)8)21-30(29)31(33)22-37(46)53-26/h20,23-32,34-36,38,40-43H,12-19,21-22H2,1-11H3/t23-,24?,25?,26+,27+,28+,29+,30-,31+,32-,34+,35-,36+,38+,40+,41?,42?,43+/m1/s1. The Morgan fingerprint density at radius 1 is 0.745 bits per heavy atom. The van der Waals surface area contributed by atoms with Gasteiger partial charge in [0, 0.05) is 45.2 Å². The first-order valence-corrected chi connectivity index (χ1v) is 21.3. The number of methoxy groups -OCH3 is 3. The second-order valence-electron chi connectivity index (χ2n) is 18.0. The molecule has 0 bridgehead atoms. The van der Waals surface area contributed by atoms with Crippen LogP contribution in [0.3, 0.4) is 0 Å². The van der Waals surface area contributed by atoms with E-state index in [0.29, 0.717) is 18.4 Å². The number of nitrogens with zero attached hydrogens (tertiary/aromatic N) is 2. The van der Waals surface area contributed by atoms with Gasteiger partial charge in [-0.1, -0.05) is 19.9 Å². The average Bonchev–Trinajstić information content (AvgIpc) is 3.73. The van der Waals surface area contributed by atoms with Crippen LogP contribution in [-0.4, -0.2) is 145 Å². The zero-order valence-corrected chi connectivity index (χ0v) is 35.5. The summed E-state index contributed by atoms with van der Waals surface area (Å²) in [6.45, 7) is 8.22. The summed E-state index contributed by atoms with van der Waals surface area (Å²) in [5.74, 6) is 0.309. The van der Waals surface area contributed by atoms with Crippen LogP contribution in [0.5, 0.6) is 0 Å². The zero-order valence-electron chi connectivity index (χ0n) is 35.5. The molecule has 314 valence electrons. The third kappa shape index (κ3) is 9.08. The molecule has 0 aromatic heterocycles. The average molecular weight is 777 g/mol. The third-order valence-electron chi connectivity index (χ3n) is 14.4. The molecular weight excluding hydrogens is 704 g/mol. The number of carbonyl (C=O) groups excluding carboxylic acids is 2. The van der Waals surface area contributed by atoms with Crippen LogP contribution in [0.1, 0.15) is 91.9 Å². The number of hydrogen-bond acceptors (Lipinski definition) is 12. The lowest BCUT2D eigenvalue weighted by molar-refractivity contribution is -0.314. The van der Waals surface area contributed by atoms with Crippen molar-refractivity contribution in [2.24, 2.45) is 35.5 Å². The summed E-state index contributed by atoms with van der Waals surface area (Å²) in [4.78, 5) is 33.2. The largest absolute Gasteiger partial charge is 0.462 e. The number of fused-ring (bicyclic) bond motifs is 5. The molecule has 6 rings (SSSR count). The number of cyclic esters (lactones) is 1. The Kier molecular flexibility index (Phi) is 14.6. The van der Waals surface area contributed by atoms with Gasteiger partial charge in [-0.2, -0.15) is 0 Å². The fraction of sp³-hybridized carbons (Fsp3) is 0.907. The molecule has 0 spiro atoms.